The summed E-state index contributed by atoms with van der Waals surface area (Å²) < 4.78 is 1.93. The van der Waals surface area contributed by atoms with E-state index in [1.807, 2.05) is 4.68 Å². The van der Waals surface area contributed by atoms with Crippen LogP contribution in [-0.2, 0) is 13.1 Å². The molecule has 0 aliphatic heterocycles. The van der Waals surface area contributed by atoms with Crippen LogP contribution in [0.25, 0.3) is 0 Å². The quantitative estimate of drug-likeness (QED) is 0.699. The van der Waals surface area contributed by atoms with Gasteiger partial charge in [-0.05, 0) is 37.6 Å². The highest BCUT2D eigenvalue weighted by Crippen LogP contribution is 2.07. The lowest BCUT2D eigenvalue weighted by molar-refractivity contribution is 0.404. The first-order valence-corrected chi connectivity index (χ1v) is 7.53. The lowest BCUT2D eigenvalue weighted by atomic mass is 10.1. The summed E-state index contributed by atoms with van der Waals surface area (Å²) in [4.78, 5) is 0. The molecule has 0 aliphatic carbocycles. The van der Waals surface area contributed by atoms with Crippen molar-refractivity contribution in [1.82, 2.24) is 25.5 Å². The summed E-state index contributed by atoms with van der Waals surface area (Å²) in [7, 11) is 0. The SMILES string of the molecule is CCCCCCCCn1nnnc1CNC(C)(C)C. The van der Waals surface area contributed by atoms with Crippen molar-refractivity contribution in [1.29, 1.82) is 0 Å². The number of hydrogen-bond acceptors (Lipinski definition) is 4. The van der Waals surface area contributed by atoms with Gasteiger partial charge in [0.2, 0.25) is 0 Å². The van der Waals surface area contributed by atoms with Crippen molar-refractivity contribution in [2.75, 3.05) is 0 Å². The van der Waals surface area contributed by atoms with E-state index in [0.29, 0.717) is 0 Å². The fraction of sp³-hybridized carbons (Fsp3) is 0.929. The van der Waals surface area contributed by atoms with Crippen molar-refractivity contribution in [2.24, 2.45) is 0 Å². The second-order valence-electron chi connectivity index (χ2n) is 6.19. The smallest absolute Gasteiger partial charge is 0.165 e. The Morgan fingerprint density at radius 1 is 1.05 bits per heavy atom. The molecule has 1 rings (SSSR count). The van der Waals surface area contributed by atoms with Gasteiger partial charge in [-0.3, -0.25) is 0 Å². The van der Waals surface area contributed by atoms with Gasteiger partial charge in [0.05, 0.1) is 6.54 Å². The highest BCUT2D eigenvalue weighted by molar-refractivity contribution is 4.83. The van der Waals surface area contributed by atoms with E-state index in [4.69, 9.17) is 0 Å². The van der Waals surface area contributed by atoms with Gasteiger partial charge >= 0.3 is 0 Å². The Bertz CT molecular complexity index is 340. The van der Waals surface area contributed by atoms with Crippen LogP contribution < -0.4 is 5.32 Å². The maximum absolute atomic E-state index is 4.09. The van der Waals surface area contributed by atoms with Crippen LogP contribution in [0.4, 0.5) is 0 Å². The summed E-state index contributed by atoms with van der Waals surface area (Å²) in [6, 6.07) is 0. The van der Waals surface area contributed by atoms with Gasteiger partial charge in [-0.15, -0.1) is 5.10 Å². The average Bonchev–Trinajstić information content (AvgIpc) is 2.78. The van der Waals surface area contributed by atoms with E-state index < -0.39 is 0 Å². The van der Waals surface area contributed by atoms with E-state index in [2.05, 4.69) is 48.5 Å². The average molecular weight is 267 g/mol. The molecule has 1 aromatic rings. The normalized spacial score (nSPS) is 12.0. The minimum Gasteiger partial charge on any atom is -0.305 e. The molecule has 0 aliphatic rings. The van der Waals surface area contributed by atoms with Crippen LogP contribution >= 0.6 is 0 Å². The van der Waals surface area contributed by atoms with Crippen LogP contribution in [0.1, 0.15) is 72.0 Å². The highest BCUT2D eigenvalue weighted by Gasteiger charge is 2.12. The molecule has 0 fully saturated rings. The molecule has 1 aromatic heterocycles. The summed E-state index contributed by atoms with van der Waals surface area (Å²) in [5.41, 5.74) is 0.0942. The predicted molar refractivity (Wildman–Crippen MR) is 77.8 cm³/mol. The van der Waals surface area contributed by atoms with E-state index in [9.17, 15) is 0 Å². The van der Waals surface area contributed by atoms with Crippen LogP contribution in [0.5, 0.6) is 0 Å². The molecule has 0 radical (unpaired) electrons. The van der Waals surface area contributed by atoms with Crippen molar-refractivity contribution < 1.29 is 0 Å². The van der Waals surface area contributed by atoms with Gasteiger partial charge < -0.3 is 5.32 Å². The molecule has 0 amide bonds. The summed E-state index contributed by atoms with van der Waals surface area (Å²) in [5, 5.41) is 15.3. The Morgan fingerprint density at radius 2 is 1.74 bits per heavy atom. The number of aryl methyl sites for hydroxylation is 1. The van der Waals surface area contributed by atoms with Crippen LogP contribution in [0.15, 0.2) is 0 Å². The zero-order valence-electron chi connectivity index (χ0n) is 12.9. The number of aromatic nitrogens is 4. The fourth-order valence-corrected chi connectivity index (χ4v) is 1.91. The summed E-state index contributed by atoms with van der Waals surface area (Å²) in [6.45, 7) is 10.3. The first-order chi connectivity index (χ1) is 9.03. The molecule has 5 heteroatoms. The first-order valence-electron chi connectivity index (χ1n) is 7.53. The molecule has 5 nitrogen and oxygen atoms in total. The molecule has 0 bridgehead atoms. The van der Waals surface area contributed by atoms with Crippen molar-refractivity contribution in [2.45, 2.75) is 84.8 Å². The molecule has 0 saturated heterocycles. The van der Waals surface area contributed by atoms with Gasteiger partial charge in [0, 0.05) is 12.1 Å². The summed E-state index contributed by atoms with van der Waals surface area (Å²) in [5.74, 6) is 0.934. The Balaban J connectivity index is 2.25. The van der Waals surface area contributed by atoms with Crippen molar-refractivity contribution in [3.63, 3.8) is 0 Å². The van der Waals surface area contributed by atoms with Gasteiger partial charge in [0.15, 0.2) is 5.82 Å². The monoisotopic (exact) mass is 267 g/mol. The van der Waals surface area contributed by atoms with Gasteiger partial charge in [-0.1, -0.05) is 39.0 Å². The fourth-order valence-electron chi connectivity index (χ4n) is 1.91. The third-order valence-corrected chi connectivity index (χ3v) is 3.11. The minimum atomic E-state index is 0.0942. The van der Waals surface area contributed by atoms with Gasteiger partial charge in [-0.25, -0.2) is 4.68 Å². The van der Waals surface area contributed by atoms with Crippen LogP contribution in [0.3, 0.4) is 0 Å². The molecule has 110 valence electrons. The number of tetrazole rings is 1. The highest BCUT2D eigenvalue weighted by atomic mass is 15.5. The molecular weight excluding hydrogens is 238 g/mol. The van der Waals surface area contributed by atoms with E-state index >= 15 is 0 Å². The Labute approximate surface area is 117 Å². The maximum Gasteiger partial charge on any atom is 0.165 e. The zero-order chi connectivity index (χ0) is 14.1. The lowest BCUT2D eigenvalue weighted by Gasteiger charge is -2.19. The molecule has 0 aromatic carbocycles. The van der Waals surface area contributed by atoms with Gasteiger partial charge in [-0.2, -0.15) is 0 Å². The van der Waals surface area contributed by atoms with Crippen LogP contribution in [0.2, 0.25) is 0 Å². The van der Waals surface area contributed by atoms with Crippen molar-refractivity contribution >= 4 is 0 Å². The third kappa shape index (κ3) is 7.25. The molecule has 0 spiro atoms. The second-order valence-corrected chi connectivity index (χ2v) is 6.19. The second kappa shape index (κ2) is 8.25. The first kappa shape index (κ1) is 16.1. The topological polar surface area (TPSA) is 55.6 Å². The lowest BCUT2D eigenvalue weighted by Crippen LogP contribution is -2.36. The molecule has 19 heavy (non-hydrogen) atoms. The molecule has 1 heterocycles. The molecule has 0 saturated carbocycles. The van der Waals surface area contributed by atoms with Crippen LogP contribution in [0, 0.1) is 0 Å². The van der Waals surface area contributed by atoms with Crippen molar-refractivity contribution in [3.05, 3.63) is 5.82 Å². The van der Waals surface area contributed by atoms with Gasteiger partial charge in [0.25, 0.3) is 0 Å². The number of unbranched alkanes of at least 4 members (excludes halogenated alkanes) is 5. The van der Waals surface area contributed by atoms with E-state index in [-0.39, 0.29) is 5.54 Å². The predicted octanol–water partition coefficient (Wildman–Crippen LogP) is 2.92. The van der Waals surface area contributed by atoms with Crippen molar-refractivity contribution in [3.8, 4) is 0 Å². The number of hydrogen-bond donors (Lipinski definition) is 1. The third-order valence-electron chi connectivity index (χ3n) is 3.11. The number of rotatable bonds is 9. The minimum absolute atomic E-state index is 0.0942. The van der Waals surface area contributed by atoms with E-state index in [1.54, 1.807) is 0 Å². The standard InChI is InChI=1S/C14H29N5/c1-5-6-7-8-9-10-11-19-13(16-17-18-19)12-15-14(2,3)4/h15H,5-12H2,1-4H3. The number of nitrogens with one attached hydrogen (secondary N) is 1. The largest absolute Gasteiger partial charge is 0.305 e. The molecule has 0 atom stereocenters. The maximum atomic E-state index is 4.09. The van der Waals surface area contributed by atoms with E-state index in [1.165, 1.54) is 32.1 Å². The summed E-state index contributed by atoms with van der Waals surface area (Å²) >= 11 is 0. The molecule has 1 N–H and O–H groups in total. The Morgan fingerprint density at radius 3 is 2.42 bits per heavy atom. The van der Waals surface area contributed by atoms with Gasteiger partial charge in [0.1, 0.15) is 0 Å². The molecular formula is C14H29N5. The van der Waals surface area contributed by atoms with E-state index in [0.717, 1.165) is 25.3 Å². The summed E-state index contributed by atoms with van der Waals surface area (Å²) in [6.07, 6.45) is 7.76. The Kier molecular flexibility index (Phi) is 6.99. The number of nitrogens with zero attached hydrogens (tertiary/aromatic N) is 4. The van der Waals surface area contributed by atoms with Crippen LogP contribution in [-0.4, -0.2) is 25.7 Å². The Hall–Kier alpha value is -0.970. The zero-order valence-corrected chi connectivity index (χ0v) is 12.9. The molecule has 0 unspecified atom stereocenters.